The normalized spacial score (nSPS) is 16.5. The van der Waals surface area contributed by atoms with Crippen molar-refractivity contribution < 1.29 is 19.1 Å². The van der Waals surface area contributed by atoms with Crippen LogP contribution in [-0.2, 0) is 20.8 Å². The van der Waals surface area contributed by atoms with Crippen LogP contribution in [0.4, 0.5) is 0 Å². The van der Waals surface area contributed by atoms with E-state index in [0.29, 0.717) is 0 Å². The molecule has 1 aliphatic rings. The lowest BCUT2D eigenvalue weighted by Crippen LogP contribution is -2.52. The second kappa shape index (κ2) is 7.13. The van der Waals surface area contributed by atoms with Crippen LogP contribution < -0.4 is 21.5 Å². The van der Waals surface area contributed by atoms with Gasteiger partial charge in [0, 0.05) is 6.42 Å². The summed E-state index contributed by atoms with van der Waals surface area (Å²) >= 11 is 0. The number of methoxy groups -OCH3 is 1. The Morgan fingerprint density at radius 2 is 2.00 bits per heavy atom. The second-order valence-corrected chi connectivity index (χ2v) is 5.66. The summed E-state index contributed by atoms with van der Waals surface area (Å²) in [5, 5.41) is 2.30. The number of benzene rings is 1. The summed E-state index contributed by atoms with van der Waals surface area (Å²) in [6.07, 6.45) is 2.95. The van der Waals surface area contributed by atoms with Gasteiger partial charge >= 0.3 is 0 Å². The van der Waals surface area contributed by atoms with E-state index in [9.17, 15) is 14.4 Å². The maximum Gasteiger partial charge on any atom is 0.249 e. The van der Waals surface area contributed by atoms with E-state index >= 15 is 0 Å². The third-order valence-corrected chi connectivity index (χ3v) is 4.09. The van der Waals surface area contributed by atoms with Crippen LogP contribution in [0.15, 0.2) is 18.2 Å². The number of ether oxygens (including phenoxy) is 1. The standard InChI is InChI=1S/C16H21N3O4/c1-23-11-5-6-12-9(7-11)3-2-4-10(12)8-13(20)19-14(15(17)21)16(18)22/h5-7,10,14H,2-4,8H2,1H3,(H2,17,21)(H2,18,22)(H,19,20). The first-order valence-corrected chi connectivity index (χ1v) is 7.47. The van der Waals surface area contributed by atoms with Crippen molar-refractivity contribution in [2.45, 2.75) is 37.6 Å². The van der Waals surface area contributed by atoms with E-state index < -0.39 is 23.8 Å². The number of primary amides is 2. The van der Waals surface area contributed by atoms with Crippen molar-refractivity contribution in [2.24, 2.45) is 11.5 Å². The lowest BCUT2D eigenvalue weighted by atomic mass is 9.81. The highest BCUT2D eigenvalue weighted by atomic mass is 16.5. The second-order valence-electron chi connectivity index (χ2n) is 5.66. The van der Waals surface area contributed by atoms with E-state index in [2.05, 4.69) is 5.32 Å². The Morgan fingerprint density at radius 3 is 2.61 bits per heavy atom. The first-order chi connectivity index (χ1) is 10.9. The van der Waals surface area contributed by atoms with E-state index in [1.165, 1.54) is 0 Å². The summed E-state index contributed by atoms with van der Waals surface area (Å²) in [7, 11) is 1.61. The number of hydrogen-bond donors (Lipinski definition) is 3. The average Bonchev–Trinajstić information content (AvgIpc) is 2.51. The first-order valence-electron chi connectivity index (χ1n) is 7.47. The van der Waals surface area contributed by atoms with Gasteiger partial charge in [0.2, 0.25) is 17.7 Å². The van der Waals surface area contributed by atoms with Crippen molar-refractivity contribution in [1.82, 2.24) is 5.32 Å². The molecule has 2 rings (SSSR count). The fourth-order valence-electron chi connectivity index (χ4n) is 2.96. The predicted octanol–water partition coefficient (Wildman–Crippen LogP) is -0.0394. The lowest BCUT2D eigenvalue weighted by Gasteiger charge is -2.26. The largest absolute Gasteiger partial charge is 0.497 e. The van der Waals surface area contributed by atoms with Gasteiger partial charge in [0.25, 0.3) is 0 Å². The number of aryl methyl sites for hydroxylation is 1. The Kier molecular flexibility index (Phi) is 5.20. The van der Waals surface area contributed by atoms with Crippen LogP contribution in [0.2, 0.25) is 0 Å². The van der Waals surface area contributed by atoms with Gasteiger partial charge in [0.1, 0.15) is 5.75 Å². The maximum absolute atomic E-state index is 12.1. The molecule has 1 unspecified atom stereocenters. The third-order valence-electron chi connectivity index (χ3n) is 4.09. The van der Waals surface area contributed by atoms with E-state index in [-0.39, 0.29) is 12.3 Å². The molecule has 124 valence electrons. The minimum absolute atomic E-state index is 0.0334. The van der Waals surface area contributed by atoms with Crippen molar-refractivity contribution in [3.8, 4) is 5.75 Å². The summed E-state index contributed by atoms with van der Waals surface area (Å²) in [4.78, 5) is 34.4. The minimum atomic E-state index is -1.47. The number of carbonyl (C=O) groups is 3. The molecular formula is C16H21N3O4. The zero-order valence-corrected chi connectivity index (χ0v) is 13.0. The summed E-state index contributed by atoms with van der Waals surface area (Å²) < 4.78 is 5.22. The smallest absolute Gasteiger partial charge is 0.249 e. The Hall–Kier alpha value is -2.57. The molecule has 7 heteroatoms. The molecule has 1 aromatic carbocycles. The summed E-state index contributed by atoms with van der Waals surface area (Å²) in [5.74, 6) is -1.51. The van der Waals surface area contributed by atoms with Gasteiger partial charge in [-0.25, -0.2) is 0 Å². The van der Waals surface area contributed by atoms with E-state index in [0.717, 1.165) is 36.1 Å². The van der Waals surface area contributed by atoms with Crippen LogP contribution in [0.5, 0.6) is 5.75 Å². The summed E-state index contributed by atoms with van der Waals surface area (Å²) in [6, 6.07) is 4.34. The molecule has 1 aromatic rings. The van der Waals surface area contributed by atoms with Gasteiger partial charge in [-0.15, -0.1) is 0 Å². The molecule has 7 nitrogen and oxygen atoms in total. The minimum Gasteiger partial charge on any atom is -0.497 e. The van der Waals surface area contributed by atoms with Crippen LogP contribution >= 0.6 is 0 Å². The predicted molar refractivity (Wildman–Crippen MR) is 83.6 cm³/mol. The Morgan fingerprint density at radius 1 is 1.30 bits per heavy atom. The first kappa shape index (κ1) is 16.8. The molecule has 1 atom stereocenters. The molecule has 0 saturated heterocycles. The van der Waals surface area contributed by atoms with Crippen molar-refractivity contribution in [3.05, 3.63) is 29.3 Å². The molecule has 0 heterocycles. The molecule has 0 spiro atoms. The topological polar surface area (TPSA) is 125 Å². The highest BCUT2D eigenvalue weighted by Crippen LogP contribution is 2.35. The average molecular weight is 319 g/mol. The van der Waals surface area contributed by atoms with Crippen LogP contribution in [0.3, 0.4) is 0 Å². The lowest BCUT2D eigenvalue weighted by molar-refractivity contribution is -0.134. The van der Waals surface area contributed by atoms with Gasteiger partial charge in [0.05, 0.1) is 7.11 Å². The van der Waals surface area contributed by atoms with Crippen LogP contribution in [-0.4, -0.2) is 30.9 Å². The Balaban J connectivity index is 2.08. The molecule has 0 aliphatic heterocycles. The Labute approximate surface area is 134 Å². The quantitative estimate of drug-likeness (QED) is 0.636. The van der Waals surface area contributed by atoms with E-state index in [1.807, 2.05) is 18.2 Å². The van der Waals surface area contributed by atoms with Crippen molar-refractivity contribution in [1.29, 1.82) is 0 Å². The van der Waals surface area contributed by atoms with Gasteiger partial charge < -0.3 is 21.5 Å². The van der Waals surface area contributed by atoms with Gasteiger partial charge in [-0.2, -0.15) is 0 Å². The van der Waals surface area contributed by atoms with Gasteiger partial charge in [-0.3, -0.25) is 14.4 Å². The number of nitrogens with one attached hydrogen (secondary N) is 1. The molecule has 0 fully saturated rings. The Bertz CT molecular complexity index is 616. The van der Waals surface area contributed by atoms with E-state index in [1.54, 1.807) is 7.11 Å². The number of amides is 3. The number of nitrogens with two attached hydrogens (primary N) is 2. The van der Waals surface area contributed by atoms with Crippen LogP contribution in [0.25, 0.3) is 0 Å². The molecule has 0 radical (unpaired) electrons. The van der Waals surface area contributed by atoms with Gasteiger partial charge in [0.15, 0.2) is 6.04 Å². The zero-order chi connectivity index (χ0) is 17.0. The molecule has 0 aromatic heterocycles. The molecule has 0 bridgehead atoms. The molecular weight excluding hydrogens is 298 g/mol. The van der Waals surface area contributed by atoms with Gasteiger partial charge in [-0.05, 0) is 48.4 Å². The van der Waals surface area contributed by atoms with Gasteiger partial charge in [-0.1, -0.05) is 6.07 Å². The highest BCUT2D eigenvalue weighted by Gasteiger charge is 2.27. The fraction of sp³-hybridized carbons (Fsp3) is 0.438. The molecule has 0 saturated carbocycles. The monoisotopic (exact) mass is 319 g/mol. The zero-order valence-electron chi connectivity index (χ0n) is 13.0. The van der Waals surface area contributed by atoms with Crippen molar-refractivity contribution in [3.63, 3.8) is 0 Å². The number of hydrogen-bond acceptors (Lipinski definition) is 4. The molecule has 3 amide bonds. The number of fused-ring (bicyclic) bond motifs is 1. The summed E-state index contributed by atoms with van der Waals surface area (Å²) in [5.41, 5.74) is 12.4. The molecule has 5 N–H and O–H groups in total. The number of rotatable bonds is 6. The molecule has 23 heavy (non-hydrogen) atoms. The van der Waals surface area contributed by atoms with Crippen molar-refractivity contribution in [2.75, 3.05) is 7.11 Å². The maximum atomic E-state index is 12.1. The SMILES string of the molecule is COc1ccc2c(c1)CCCC2CC(=O)NC(C(N)=O)C(N)=O. The number of carbonyl (C=O) groups excluding carboxylic acids is 3. The molecule has 1 aliphatic carbocycles. The highest BCUT2D eigenvalue weighted by molar-refractivity contribution is 6.05. The third kappa shape index (κ3) is 4.00. The van der Waals surface area contributed by atoms with Crippen molar-refractivity contribution >= 4 is 17.7 Å². The van der Waals surface area contributed by atoms with E-state index in [4.69, 9.17) is 16.2 Å². The summed E-state index contributed by atoms with van der Waals surface area (Å²) in [6.45, 7) is 0. The van der Waals surface area contributed by atoms with Crippen LogP contribution in [0.1, 0.15) is 36.3 Å². The van der Waals surface area contributed by atoms with Crippen LogP contribution in [0, 0.1) is 0 Å². The fourth-order valence-corrected chi connectivity index (χ4v) is 2.96.